The number of benzene rings is 2. The van der Waals surface area contributed by atoms with Gasteiger partial charge >= 0.3 is 0 Å². The minimum atomic E-state index is -0.146. The highest BCUT2D eigenvalue weighted by molar-refractivity contribution is 9.10. The number of hydrogen-bond acceptors (Lipinski definition) is 4. The van der Waals surface area contributed by atoms with Crippen molar-refractivity contribution in [3.05, 3.63) is 52.5 Å². The van der Waals surface area contributed by atoms with Crippen LogP contribution in [0, 0.1) is 0 Å². The molecule has 0 atom stereocenters. The molecule has 0 aliphatic heterocycles. The number of carbonyl (C=O) groups excluding carboxylic acids is 2. The van der Waals surface area contributed by atoms with E-state index in [2.05, 4.69) is 26.6 Å². The second kappa shape index (κ2) is 10.6. The molecular formula is C20H23BrN2O4. The van der Waals surface area contributed by atoms with Gasteiger partial charge in [0.2, 0.25) is 11.8 Å². The molecule has 0 saturated carbocycles. The molecule has 0 unspecified atom stereocenters. The number of methoxy groups -OCH3 is 2. The molecule has 2 rings (SSSR count). The first-order valence-corrected chi connectivity index (χ1v) is 9.34. The minimum absolute atomic E-state index is 0.115. The van der Waals surface area contributed by atoms with E-state index in [9.17, 15) is 9.59 Å². The number of nitrogens with one attached hydrogen (secondary N) is 2. The molecule has 2 amide bonds. The molecule has 0 saturated heterocycles. The molecule has 0 fully saturated rings. The van der Waals surface area contributed by atoms with Crippen LogP contribution >= 0.6 is 15.9 Å². The molecular weight excluding hydrogens is 412 g/mol. The van der Waals surface area contributed by atoms with Gasteiger partial charge in [0.05, 0.1) is 14.2 Å². The fraction of sp³-hybridized carbons (Fsp3) is 0.300. The molecule has 2 N–H and O–H groups in total. The van der Waals surface area contributed by atoms with Crippen LogP contribution < -0.4 is 20.1 Å². The summed E-state index contributed by atoms with van der Waals surface area (Å²) in [4.78, 5) is 23.9. The third-order valence-electron chi connectivity index (χ3n) is 3.91. The van der Waals surface area contributed by atoms with Crippen molar-refractivity contribution < 1.29 is 19.1 Å². The Bertz CT molecular complexity index is 778. The summed E-state index contributed by atoms with van der Waals surface area (Å²) in [6.45, 7) is 0.288. The zero-order chi connectivity index (χ0) is 19.6. The van der Waals surface area contributed by atoms with E-state index in [1.165, 1.54) is 0 Å². The molecule has 2 aromatic rings. The van der Waals surface area contributed by atoms with Gasteiger partial charge in [0.1, 0.15) is 11.5 Å². The molecule has 27 heavy (non-hydrogen) atoms. The van der Waals surface area contributed by atoms with Crippen molar-refractivity contribution in [1.29, 1.82) is 0 Å². The maximum absolute atomic E-state index is 12.0. The second-order valence-corrected chi connectivity index (χ2v) is 6.75. The number of halogens is 1. The first-order valence-electron chi connectivity index (χ1n) is 8.55. The summed E-state index contributed by atoms with van der Waals surface area (Å²) in [5.74, 6) is 1.18. The average Bonchev–Trinajstić information content (AvgIpc) is 2.67. The minimum Gasteiger partial charge on any atom is -0.497 e. The van der Waals surface area contributed by atoms with E-state index in [1.54, 1.807) is 14.2 Å². The van der Waals surface area contributed by atoms with Gasteiger partial charge in [0, 0.05) is 29.5 Å². The number of amides is 2. The van der Waals surface area contributed by atoms with Gasteiger partial charge in [0.15, 0.2) is 0 Å². The molecule has 0 aliphatic carbocycles. The highest BCUT2D eigenvalue weighted by Gasteiger charge is 2.09. The predicted octanol–water partition coefficient (Wildman–Crippen LogP) is 3.54. The highest BCUT2D eigenvalue weighted by atomic mass is 79.9. The lowest BCUT2D eigenvalue weighted by Gasteiger charge is -2.11. The van der Waals surface area contributed by atoms with E-state index in [4.69, 9.17) is 9.47 Å². The maximum atomic E-state index is 12.0. The van der Waals surface area contributed by atoms with Gasteiger partial charge in [-0.15, -0.1) is 0 Å². The molecule has 0 radical (unpaired) electrons. The van der Waals surface area contributed by atoms with Gasteiger partial charge in [-0.05, 0) is 54.4 Å². The van der Waals surface area contributed by atoms with E-state index in [0.717, 1.165) is 27.2 Å². The summed E-state index contributed by atoms with van der Waals surface area (Å²) in [5, 5.41) is 5.55. The highest BCUT2D eigenvalue weighted by Crippen LogP contribution is 2.25. The zero-order valence-electron chi connectivity index (χ0n) is 15.4. The Kier molecular flexibility index (Phi) is 8.13. The first-order chi connectivity index (χ1) is 13.0. The molecule has 144 valence electrons. The van der Waals surface area contributed by atoms with E-state index < -0.39 is 0 Å². The molecule has 0 aliphatic rings. The fourth-order valence-corrected chi connectivity index (χ4v) is 2.75. The second-order valence-electron chi connectivity index (χ2n) is 5.83. The summed E-state index contributed by atoms with van der Waals surface area (Å²) >= 11 is 3.34. The SMILES string of the molecule is COc1ccc(OC)c(CCC(=O)NCCC(=O)Nc2ccc(Br)cc2)c1. The molecule has 0 bridgehead atoms. The summed E-state index contributed by atoms with van der Waals surface area (Å²) in [6, 6.07) is 12.8. The lowest BCUT2D eigenvalue weighted by Crippen LogP contribution is -2.27. The van der Waals surface area contributed by atoms with Crippen LogP contribution in [0.3, 0.4) is 0 Å². The Labute approximate surface area is 167 Å². The fourth-order valence-electron chi connectivity index (χ4n) is 2.49. The van der Waals surface area contributed by atoms with E-state index in [0.29, 0.717) is 12.8 Å². The average molecular weight is 435 g/mol. The quantitative estimate of drug-likeness (QED) is 0.632. The Hall–Kier alpha value is -2.54. The number of anilines is 1. The van der Waals surface area contributed by atoms with Crippen molar-refractivity contribution in [1.82, 2.24) is 5.32 Å². The van der Waals surface area contributed by atoms with Gasteiger partial charge in [-0.25, -0.2) is 0 Å². The summed E-state index contributed by atoms with van der Waals surface area (Å²) < 4.78 is 11.5. The van der Waals surface area contributed by atoms with Crippen LogP contribution in [0.15, 0.2) is 46.9 Å². The normalized spacial score (nSPS) is 10.2. The Morgan fingerprint density at radius 2 is 1.70 bits per heavy atom. The van der Waals surface area contributed by atoms with Crippen molar-refractivity contribution in [2.75, 3.05) is 26.1 Å². The van der Waals surface area contributed by atoms with Crippen molar-refractivity contribution >= 4 is 33.4 Å². The standard InChI is InChI=1S/C20H23BrN2O4/c1-26-17-8-9-18(27-2)14(13-17)3-10-19(24)22-12-11-20(25)23-16-6-4-15(21)5-7-16/h4-9,13H,3,10-12H2,1-2H3,(H,22,24)(H,23,25). The van der Waals surface area contributed by atoms with Crippen molar-refractivity contribution in [3.8, 4) is 11.5 Å². The van der Waals surface area contributed by atoms with Gasteiger partial charge < -0.3 is 20.1 Å². The first kappa shape index (κ1) is 20.8. The van der Waals surface area contributed by atoms with E-state index >= 15 is 0 Å². The maximum Gasteiger partial charge on any atom is 0.226 e. The summed E-state index contributed by atoms with van der Waals surface area (Å²) in [7, 11) is 3.19. The molecule has 0 aromatic heterocycles. The van der Waals surface area contributed by atoms with E-state index in [1.807, 2.05) is 42.5 Å². The van der Waals surface area contributed by atoms with Gasteiger partial charge in [-0.1, -0.05) is 15.9 Å². The van der Waals surface area contributed by atoms with Crippen molar-refractivity contribution in [3.63, 3.8) is 0 Å². The van der Waals surface area contributed by atoms with Crippen LogP contribution in [0.2, 0.25) is 0 Å². The Balaban J connectivity index is 1.73. The van der Waals surface area contributed by atoms with Crippen molar-refractivity contribution in [2.45, 2.75) is 19.3 Å². The van der Waals surface area contributed by atoms with Gasteiger partial charge in [-0.3, -0.25) is 9.59 Å². The van der Waals surface area contributed by atoms with E-state index in [-0.39, 0.29) is 24.8 Å². The summed E-state index contributed by atoms with van der Waals surface area (Å²) in [5.41, 5.74) is 1.62. The Morgan fingerprint density at radius 3 is 2.37 bits per heavy atom. The monoisotopic (exact) mass is 434 g/mol. The third kappa shape index (κ3) is 6.94. The third-order valence-corrected chi connectivity index (χ3v) is 4.44. The van der Waals surface area contributed by atoms with Gasteiger partial charge in [-0.2, -0.15) is 0 Å². The lowest BCUT2D eigenvalue weighted by molar-refractivity contribution is -0.121. The number of aryl methyl sites for hydroxylation is 1. The molecule has 7 heteroatoms. The van der Waals surface area contributed by atoms with Crippen LogP contribution in [0.25, 0.3) is 0 Å². The predicted molar refractivity (Wildman–Crippen MR) is 108 cm³/mol. The molecule has 0 spiro atoms. The van der Waals surface area contributed by atoms with Gasteiger partial charge in [0.25, 0.3) is 0 Å². The van der Waals surface area contributed by atoms with Crippen LogP contribution in [0.5, 0.6) is 11.5 Å². The molecule has 0 heterocycles. The number of ether oxygens (including phenoxy) is 2. The van der Waals surface area contributed by atoms with Crippen LogP contribution in [-0.4, -0.2) is 32.6 Å². The number of carbonyl (C=O) groups is 2. The lowest BCUT2D eigenvalue weighted by atomic mass is 10.1. The van der Waals surface area contributed by atoms with Crippen LogP contribution in [0.4, 0.5) is 5.69 Å². The number of rotatable bonds is 9. The largest absolute Gasteiger partial charge is 0.497 e. The van der Waals surface area contributed by atoms with Crippen molar-refractivity contribution in [2.24, 2.45) is 0 Å². The molecule has 2 aromatic carbocycles. The smallest absolute Gasteiger partial charge is 0.226 e. The van der Waals surface area contributed by atoms with Crippen LogP contribution in [0.1, 0.15) is 18.4 Å². The van der Waals surface area contributed by atoms with Crippen LogP contribution in [-0.2, 0) is 16.0 Å². The Morgan fingerprint density at radius 1 is 0.963 bits per heavy atom. The topological polar surface area (TPSA) is 76.7 Å². The zero-order valence-corrected chi connectivity index (χ0v) is 17.0. The molecule has 6 nitrogen and oxygen atoms in total. The number of hydrogen-bond donors (Lipinski definition) is 2. The summed E-state index contributed by atoms with van der Waals surface area (Å²) in [6.07, 6.45) is 1.04.